The number of aromatic nitrogens is 1. The van der Waals surface area contributed by atoms with Crippen molar-refractivity contribution in [1.29, 1.82) is 0 Å². The van der Waals surface area contributed by atoms with Crippen LogP contribution in [0.5, 0.6) is 0 Å². The highest BCUT2D eigenvalue weighted by molar-refractivity contribution is 6.06. The molecule has 2 aromatic rings. The Hall–Kier alpha value is -1.77. The van der Waals surface area contributed by atoms with Gasteiger partial charge in [0.25, 0.3) is 5.91 Å². The molecule has 13 heavy (non-hydrogen) atoms. The average molecular weight is 172 g/mol. The molecule has 1 N–H and O–H groups in total. The Morgan fingerprint density at radius 1 is 1.31 bits per heavy atom. The van der Waals surface area contributed by atoms with Gasteiger partial charge >= 0.3 is 0 Å². The Morgan fingerprint density at radius 3 is 3.15 bits per heavy atom. The van der Waals surface area contributed by atoms with E-state index in [1.165, 1.54) is 0 Å². The third-order valence-electron chi connectivity index (χ3n) is 2.44. The van der Waals surface area contributed by atoms with E-state index in [1.54, 1.807) is 0 Å². The van der Waals surface area contributed by atoms with Gasteiger partial charge in [-0.1, -0.05) is 12.1 Å². The Morgan fingerprint density at radius 2 is 2.23 bits per heavy atom. The maximum Gasteiger partial charge on any atom is 0.254 e. The van der Waals surface area contributed by atoms with Crippen LogP contribution in [0.4, 0.5) is 0 Å². The smallest absolute Gasteiger partial charge is 0.254 e. The SMILES string of the molecule is O=C1NCn2ccc3cccc1c32. The fraction of sp³-hybridized carbons (Fsp3) is 0.100. The van der Waals surface area contributed by atoms with E-state index in [4.69, 9.17) is 0 Å². The summed E-state index contributed by atoms with van der Waals surface area (Å²) < 4.78 is 2.05. The van der Waals surface area contributed by atoms with Crippen molar-refractivity contribution in [1.82, 2.24) is 9.88 Å². The molecule has 0 atom stereocenters. The van der Waals surface area contributed by atoms with Crippen molar-refractivity contribution >= 4 is 16.8 Å². The molecule has 1 aliphatic rings. The van der Waals surface area contributed by atoms with Gasteiger partial charge in [-0.3, -0.25) is 4.79 Å². The predicted molar refractivity (Wildman–Crippen MR) is 49.4 cm³/mol. The molecule has 3 nitrogen and oxygen atoms in total. The normalized spacial score (nSPS) is 14.6. The number of rotatable bonds is 0. The summed E-state index contributed by atoms with van der Waals surface area (Å²) in [4.78, 5) is 11.4. The zero-order valence-electron chi connectivity index (χ0n) is 6.95. The number of carbonyl (C=O) groups excluding carboxylic acids is 1. The van der Waals surface area contributed by atoms with E-state index in [0.717, 1.165) is 16.5 Å². The number of amides is 1. The number of benzene rings is 1. The minimum Gasteiger partial charge on any atom is -0.334 e. The molecule has 0 aliphatic carbocycles. The van der Waals surface area contributed by atoms with Crippen LogP contribution in [0.2, 0.25) is 0 Å². The van der Waals surface area contributed by atoms with E-state index in [0.29, 0.717) is 6.67 Å². The molecule has 64 valence electrons. The summed E-state index contributed by atoms with van der Waals surface area (Å²) in [7, 11) is 0. The van der Waals surface area contributed by atoms with Gasteiger partial charge in [-0.05, 0) is 12.1 Å². The first-order valence-corrected chi connectivity index (χ1v) is 4.22. The second-order valence-electron chi connectivity index (χ2n) is 3.19. The van der Waals surface area contributed by atoms with Crippen LogP contribution in [0.1, 0.15) is 10.4 Å². The highest BCUT2D eigenvalue weighted by Gasteiger charge is 2.17. The quantitative estimate of drug-likeness (QED) is 0.639. The second-order valence-corrected chi connectivity index (χ2v) is 3.19. The fourth-order valence-corrected chi connectivity index (χ4v) is 1.83. The van der Waals surface area contributed by atoms with Crippen LogP contribution in [0.3, 0.4) is 0 Å². The van der Waals surface area contributed by atoms with Crippen LogP contribution < -0.4 is 5.32 Å². The van der Waals surface area contributed by atoms with E-state index in [2.05, 4.69) is 5.32 Å². The monoisotopic (exact) mass is 172 g/mol. The molecule has 1 aromatic heterocycles. The van der Waals surface area contributed by atoms with Gasteiger partial charge < -0.3 is 9.88 Å². The largest absolute Gasteiger partial charge is 0.334 e. The van der Waals surface area contributed by atoms with Crippen LogP contribution in [0.15, 0.2) is 30.5 Å². The van der Waals surface area contributed by atoms with Crippen LogP contribution >= 0.6 is 0 Å². The van der Waals surface area contributed by atoms with Crippen molar-refractivity contribution in [2.24, 2.45) is 0 Å². The highest BCUT2D eigenvalue weighted by Crippen LogP contribution is 2.22. The summed E-state index contributed by atoms with van der Waals surface area (Å²) in [6, 6.07) is 7.81. The summed E-state index contributed by atoms with van der Waals surface area (Å²) in [6.45, 7) is 0.583. The molecular formula is C10H8N2O. The Labute approximate surface area is 75.0 Å². The Bertz CT molecular complexity index is 499. The summed E-state index contributed by atoms with van der Waals surface area (Å²) in [5.74, 6) is 0.0248. The standard InChI is InChI=1S/C10H8N2O/c13-10-8-3-1-2-7-4-5-12(6-11-10)9(7)8/h1-5H,6H2,(H,11,13). The minimum absolute atomic E-state index is 0.0248. The fourth-order valence-electron chi connectivity index (χ4n) is 1.83. The zero-order chi connectivity index (χ0) is 8.84. The lowest BCUT2D eigenvalue weighted by Crippen LogP contribution is -2.30. The van der Waals surface area contributed by atoms with E-state index >= 15 is 0 Å². The molecule has 0 radical (unpaired) electrons. The van der Waals surface area contributed by atoms with Crippen molar-refractivity contribution in [3.8, 4) is 0 Å². The molecule has 0 spiro atoms. The van der Waals surface area contributed by atoms with E-state index in [1.807, 2.05) is 35.0 Å². The van der Waals surface area contributed by atoms with Crippen molar-refractivity contribution in [2.75, 3.05) is 0 Å². The molecule has 0 unspecified atom stereocenters. The summed E-state index contributed by atoms with van der Waals surface area (Å²) in [5, 5.41) is 3.94. The first-order chi connectivity index (χ1) is 6.36. The van der Waals surface area contributed by atoms with Gasteiger partial charge in [0.1, 0.15) is 0 Å². The van der Waals surface area contributed by atoms with Crippen molar-refractivity contribution in [3.63, 3.8) is 0 Å². The van der Waals surface area contributed by atoms with Crippen LogP contribution in [0.25, 0.3) is 10.9 Å². The topological polar surface area (TPSA) is 34.0 Å². The van der Waals surface area contributed by atoms with Gasteiger partial charge in [0.2, 0.25) is 0 Å². The van der Waals surface area contributed by atoms with Crippen LogP contribution in [-0.2, 0) is 6.67 Å². The second kappa shape index (κ2) is 2.13. The Kier molecular flexibility index (Phi) is 1.10. The number of para-hydroxylation sites is 1. The number of nitrogens with zero attached hydrogens (tertiary/aromatic N) is 1. The number of hydrogen-bond acceptors (Lipinski definition) is 1. The molecule has 0 saturated carbocycles. The third-order valence-corrected chi connectivity index (χ3v) is 2.44. The molecule has 0 saturated heterocycles. The van der Waals surface area contributed by atoms with Crippen molar-refractivity contribution in [3.05, 3.63) is 36.0 Å². The summed E-state index contributed by atoms with van der Waals surface area (Å²) in [6.07, 6.45) is 1.99. The van der Waals surface area contributed by atoms with Crippen LogP contribution in [0, 0.1) is 0 Å². The lowest BCUT2D eigenvalue weighted by atomic mass is 10.1. The van der Waals surface area contributed by atoms with E-state index in [-0.39, 0.29) is 5.91 Å². The molecule has 2 heterocycles. The molecule has 1 aromatic carbocycles. The lowest BCUT2D eigenvalue weighted by Gasteiger charge is -2.15. The zero-order valence-corrected chi connectivity index (χ0v) is 6.95. The molecular weight excluding hydrogens is 164 g/mol. The molecule has 0 fully saturated rings. The molecule has 1 aliphatic heterocycles. The Balaban J connectivity index is 2.52. The molecule has 3 rings (SSSR count). The average Bonchev–Trinajstić information content (AvgIpc) is 2.57. The minimum atomic E-state index is 0.0248. The first-order valence-electron chi connectivity index (χ1n) is 4.22. The van der Waals surface area contributed by atoms with Gasteiger partial charge in [-0.15, -0.1) is 0 Å². The number of hydrogen-bond donors (Lipinski definition) is 1. The molecule has 0 bridgehead atoms. The van der Waals surface area contributed by atoms with E-state index < -0.39 is 0 Å². The van der Waals surface area contributed by atoms with Crippen molar-refractivity contribution in [2.45, 2.75) is 6.67 Å². The van der Waals surface area contributed by atoms with Gasteiger partial charge in [0, 0.05) is 11.6 Å². The van der Waals surface area contributed by atoms with Gasteiger partial charge in [0.15, 0.2) is 0 Å². The summed E-state index contributed by atoms with van der Waals surface area (Å²) >= 11 is 0. The van der Waals surface area contributed by atoms with Crippen molar-refractivity contribution < 1.29 is 4.79 Å². The maximum atomic E-state index is 11.4. The van der Waals surface area contributed by atoms with Gasteiger partial charge in [-0.25, -0.2) is 0 Å². The summed E-state index contributed by atoms with van der Waals surface area (Å²) in [5.41, 5.74) is 1.82. The lowest BCUT2D eigenvalue weighted by molar-refractivity contribution is 0.0937. The number of nitrogens with one attached hydrogen (secondary N) is 1. The predicted octanol–water partition coefficient (Wildman–Crippen LogP) is 1.34. The number of carbonyl (C=O) groups is 1. The maximum absolute atomic E-state index is 11.4. The van der Waals surface area contributed by atoms with Gasteiger partial charge in [-0.2, -0.15) is 0 Å². The molecule has 1 amide bonds. The molecule has 3 heteroatoms. The highest BCUT2D eigenvalue weighted by atomic mass is 16.1. The van der Waals surface area contributed by atoms with Crippen LogP contribution in [-0.4, -0.2) is 10.5 Å². The first kappa shape index (κ1) is 6.71. The van der Waals surface area contributed by atoms with E-state index in [9.17, 15) is 4.79 Å². The van der Waals surface area contributed by atoms with Gasteiger partial charge in [0.05, 0.1) is 17.7 Å². The third kappa shape index (κ3) is 0.758.